The molecule has 1 amide bonds. The van der Waals surface area contributed by atoms with Gasteiger partial charge in [0.2, 0.25) is 5.91 Å². The lowest BCUT2D eigenvalue weighted by Gasteiger charge is -2.17. The molecule has 0 aliphatic heterocycles. The van der Waals surface area contributed by atoms with Crippen LogP contribution in [0.1, 0.15) is 31.7 Å². The molecule has 0 fully saturated rings. The summed E-state index contributed by atoms with van der Waals surface area (Å²) in [6, 6.07) is 18.1. The third-order valence-corrected chi connectivity index (χ3v) is 5.91. The molecule has 0 unspecified atom stereocenters. The molecule has 140 valence electrons. The Morgan fingerprint density at radius 2 is 1.54 bits per heavy atom. The maximum Gasteiger partial charge on any atom is 0.237 e. The molecule has 2 aromatic rings. The predicted molar refractivity (Wildman–Crippen MR) is 107 cm³/mol. The Bertz CT molecular complexity index is 799. The van der Waals surface area contributed by atoms with Gasteiger partial charge in [-0.1, -0.05) is 74.4 Å². The van der Waals surface area contributed by atoms with Crippen LogP contribution in [0, 0.1) is 0 Å². The van der Waals surface area contributed by atoms with Crippen LogP contribution in [0.2, 0.25) is 0 Å². The van der Waals surface area contributed by atoms with Crippen LogP contribution in [-0.2, 0) is 21.2 Å². The number of carbonyl (C=O) groups excluding carboxylic acids is 1. The van der Waals surface area contributed by atoms with Gasteiger partial charge in [-0.2, -0.15) is 0 Å². The van der Waals surface area contributed by atoms with E-state index in [0.29, 0.717) is 13.0 Å². The van der Waals surface area contributed by atoms with Crippen molar-refractivity contribution in [3.05, 3.63) is 60.2 Å². The summed E-state index contributed by atoms with van der Waals surface area (Å²) in [4.78, 5) is 13.7. The highest BCUT2D eigenvalue weighted by molar-refractivity contribution is 7.92. The number of amides is 1. The molecule has 0 saturated heterocycles. The molecule has 0 N–H and O–H groups in total. The highest BCUT2D eigenvalue weighted by Crippen LogP contribution is 2.19. The molecule has 0 spiro atoms. The Morgan fingerprint density at radius 3 is 2.15 bits per heavy atom. The summed E-state index contributed by atoms with van der Waals surface area (Å²) in [7, 11) is -1.68. The monoisotopic (exact) mass is 373 g/mol. The second-order valence-corrected chi connectivity index (χ2v) is 8.80. The van der Waals surface area contributed by atoms with Crippen LogP contribution in [0.3, 0.4) is 0 Å². The first kappa shape index (κ1) is 20.2. The van der Waals surface area contributed by atoms with E-state index in [1.807, 2.05) is 61.5 Å². The third-order valence-electron chi connectivity index (χ3n) is 4.31. The molecule has 0 aliphatic carbocycles. The second-order valence-electron chi connectivity index (χ2n) is 6.61. The molecule has 0 atom stereocenters. The lowest BCUT2D eigenvalue weighted by Crippen LogP contribution is -2.33. The smallest absolute Gasteiger partial charge is 0.237 e. The summed E-state index contributed by atoms with van der Waals surface area (Å²) in [6.07, 6.45) is 2.45. The fourth-order valence-electron chi connectivity index (χ4n) is 2.74. The lowest BCUT2D eigenvalue weighted by molar-refractivity contribution is -0.127. The number of benzene rings is 2. The van der Waals surface area contributed by atoms with Crippen LogP contribution < -0.4 is 0 Å². The fraction of sp³-hybridized carbons (Fsp3) is 0.381. The number of hydrogen-bond acceptors (Lipinski definition) is 3. The first-order chi connectivity index (χ1) is 12.4. The van der Waals surface area contributed by atoms with Gasteiger partial charge in [-0.15, -0.1) is 0 Å². The van der Waals surface area contributed by atoms with Gasteiger partial charge in [0.05, 0.1) is 5.75 Å². The van der Waals surface area contributed by atoms with Gasteiger partial charge in [-0.3, -0.25) is 4.79 Å². The predicted octanol–water partition coefficient (Wildman–Crippen LogP) is 3.92. The summed E-state index contributed by atoms with van der Waals surface area (Å²) in [5.74, 6) is -0.671. The summed E-state index contributed by atoms with van der Waals surface area (Å²) in [5, 5.41) is 0. The van der Waals surface area contributed by atoms with Crippen molar-refractivity contribution in [3.63, 3.8) is 0 Å². The molecule has 0 saturated carbocycles. The van der Waals surface area contributed by atoms with Crippen molar-refractivity contribution in [2.45, 2.75) is 32.7 Å². The summed E-state index contributed by atoms with van der Waals surface area (Å²) in [5.41, 5.74) is 3.23. The van der Waals surface area contributed by atoms with Crippen LogP contribution in [0.4, 0.5) is 0 Å². The summed E-state index contributed by atoms with van der Waals surface area (Å²) in [6.45, 7) is 2.42. The Hall–Kier alpha value is -2.14. The first-order valence-electron chi connectivity index (χ1n) is 9.00. The molecule has 0 aliphatic rings. The van der Waals surface area contributed by atoms with E-state index in [1.165, 1.54) is 4.90 Å². The number of nitrogens with zero attached hydrogens (tertiary/aromatic N) is 1. The molecular weight excluding hydrogens is 346 g/mol. The van der Waals surface area contributed by atoms with E-state index in [0.717, 1.165) is 29.5 Å². The average Bonchev–Trinajstić information content (AvgIpc) is 2.63. The van der Waals surface area contributed by atoms with E-state index in [1.54, 1.807) is 7.05 Å². The second kappa shape index (κ2) is 9.53. The maximum absolute atomic E-state index is 12.2. The zero-order valence-electron chi connectivity index (χ0n) is 15.5. The van der Waals surface area contributed by atoms with Gasteiger partial charge < -0.3 is 4.90 Å². The van der Waals surface area contributed by atoms with E-state index < -0.39 is 15.6 Å². The Morgan fingerprint density at radius 1 is 0.923 bits per heavy atom. The molecule has 0 radical (unpaired) electrons. The van der Waals surface area contributed by atoms with E-state index in [2.05, 4.69) is 0 Å². The minimum Gasteiger partial charge on any atom is -0.341 e. The van der Waals surface area contributed by atoms with Gasteiger partial charge in [-0.25, -0.2) is 8.42 Å². The van der Waals surface area contributed by atoms with Crippen LogP contribution in [0.5, 0.6) is 0 Å². The number of carbonyl (C=O) groups is 1. The molecule has 4 nitrogen and oxygen atoms in total. The minimum absolute atomic E-state index is 0.0895. The Balaban J connectivity index is 1.92. The number of sulfone groups is 1. The Kier molecular flexibility index (Phi) is 7.39. The zero-order valence-corrected chi connectivity index (χ0v) is 16.3. The van der Waals surface area contributed by atoms with E-state index >= 15 is 0 Å². The number of hydrogen-bond donors (Lipinski definition) is 0. The molecule has 5 heteroatoms. The fourth-order valence-corrected chi connectivity index (χ4v) is 4.12. The molecule has 2 rings (SSSR count). The Labute approximate surface area is 156 Å². The third kappa shape index (κ3) is 6.30. The van der Waals surface area contributed by atoms with E-state index in [-0.39, 0.29) is 11.7 Å². The van der Waals surface area contributed by atoms with Gasteiger partial charge in [0, 0.05) is 13.6 Å². The van der Waals surface area contributed by atoms with Crippen molar-refractivity contribution in [1.82, 2.24) is 4.90 Å². The molecular formula is C21H27NO3S. The summed E-state index contributed by atoms with van der Waals surface area (Å²) < 4.78 is 24.1. The lowest BCUT2D eigenvalue weighted by atomic mass is 10.0. The maximum atomic E-state index is 12.2. The largest absolute Gasteiger partial charge is 0.341 e. The van der Waals surface area contributed by atoms with Crippen molar-refractivity contribution in [1.29, 1.82) is 0 Å². The molecule has 0 bridgehead atoms. The van der Waals surface area contributed by atoms with E-state index in [9.17, 15) is 13.2 Å². The van der Waals surface area contributed by atoms with Gasteiger partial charge >= 0.3 is 0 Å². The van der Waals surface area contributed by atoms with Crippen molar-refractivity contribution < 1.29 is 13.2 Å². The van der Waals surface area contributed by atoms with Gasteiger partial charge in [-0.05, 0) is 23.1 Å². The number of unbranched alkanes of at least 4 members (excludes halogenated alkanes) is 2. The van der Waals surface area contributed by atoms with Gasteiger partial charge in [0.1, 0.15) is 5.75 Å². The highest BCUT2D eigenvalue weighted by Gasteiger charge is 2.19. The van der Waals surface area contributed by atoms with E-state index in [4.69, 9.17) is 0 Å². The average molecular weight is 374 g/mol. The quantitative estimate of drug-likeness (QED) is 0.626. The zero-order chi connectivity index (χ0) is 19.0. The minimum atomic E-state index is -3.32. The first-order valence-corrected chi connectivity index (χ1v) is 10.8. The number of rotatable bonds is 9. The van der Waals surface area contributed by atoms with Crippen molar-refractivity contribution in [2.24, 2.45) is 0 Å². The van der Waals surface area contributed by atoms with Crippen molar-refractivity contribution in [2.75, 3.05) is 18.6 Å². The topological polar surface area (TPSA) is 54.5 Å². The van der Waals surface area contributed by atoms with Crippen LogP contribution in [0.15, 0.2) is 54.6 Å². The van der Waals surface area contributed by atoms with Gasteiger partial charge in [0.15, 0.2) is 9.84 Å². The molecule has 0 heterocycles. The normalized spacial score (nSPS) is 11.3. The molecule has 2 aromatic carbocycles. The molecule has 26 heavy (non-hydrogen) atoms. The summed E-state index contributed by atoms with van der Waals surface area (Å²) >= 11 is 0. The SMILES string of the molecule is CCCCCS(=O)(=O)CC(=O)N(C)Cc1ccc(-c2ccccc2)cc1. The van der Waals surface area contributed by atoms with Crippen LogP contribution >= 0.6 is 0 Å². The van der Waals surface area contributed by atoms with Crippen LogP contribution in [0.25, 0.3) is 11.1 Å². The van der Waals surface area contributed by atoms with Crippen molar-refractivity contribution in [3.8, 4) is 11.1 Å². The van der Waals surface area contributed by atoms with Crippen molar-refractivity contribution >= 4 is 15.7 Å². The van der Waals surface area contributed by atoms with Gasteiger partial charge in [0.25, 0.3) is 0 Å². The molecule has 0 aromatic heterocycles. The van der Waals surface area contributed by atoms with Crippen LogP contribution in [-0.4, -0.2) is 37.8 Å². The standard InChI is InChI=1S/C21H27NO3S/c1-3-4-8-15-26(24,25)17-21(23)22(2)16-18-11-13-20(14-12-18)19-9-6-5-7-10-19/h5-7,9-14H,3-4,8,15-17H2,1-2H3. The highest BCUT2D eigenvalue weighted by atomic mass is 32.2.